The molecular formula is C18H20N4S. The molecule has 0 unspecified atom stereocenters. The maximum Gasteiger partial charge on any atom is 0.107 e. The van der Waals surface area contributed by atoms with E-state index in [1.54, 1.807) is 11.3 Å². The maximum absolute atomic E-state index is 9.36. The molecule has 4 nitrogen and oxygen atoms in total. The average Bonchev–Trinajstić information content (AvgIpc) is 2.97. The summed E-state index contributed by atoms with van der Waals surface area (Å²) in [6.45, 7) is 6.05. The first-order chi connectivity index (χ1) is 11.2. The van der Waals surface area contributed by atoms with Crippen molar-refractivity contribution in [2.24, 2.45) is 0 Å². The number of aryl methyl sites for hydroxylation is 1. The third-order valence-electron chi connectivity index (χ3n) is 4.24. The summed E-state index contributed by atoms with van der Waals surface area (Å²) in [6.07, 6.45) is 4.58. The highest BCUT2D eigenvalue weighted by Gasteiger charge is 2.24. The lowest BCUT2D eigenvalue weighted by molar-refractivity contribution is 0.316. The van der Waals surface area contributed by atoms with Gasteiger partial charge >= 0.3 is 0 Å². The predicted molar refractivity (Wildman–Crippen MR) is 94.4 cm³/mol. The van der Waals surface area contributed by atoms with E-state index in [2.05, 4.69) is 33.9 Å². The van der Waals surface area contributed by atoms with Crippen LogP contribution in [-0.4, -0.2) is 23.5 Å². The summed E-state index contributed by atoms with van der Waals surface area (Å²) >= 11 is 1.69. The number of nitrogens with one attached hydrogen (secondary N) is 1. The Morgan fingerprint density at radius 3 is 3.09 bits per heavy atom. The van der Waals surface area contributed by atoms with Crippen molar-refractivity contribution in [2.75, 3.05) is 18.9 Å². The third-order valence-corrected chi connectivity index (χ3v) is 5.47. The van der Waals surface area contributed by atoms with Gasteiger partial charge < -0.3 is 10.2 Å². The minimum absolute atomic E-state index is 0.825. The fourth-order valence-electron chi connectivity index (χ4n) is 2.94. The molecule has 0 fully saturated rings. The molecule has 0 amide bonds. The Labute approximate surface area is 141 Å². The Kier molecular flexibility index (Phi) is 4.63. The zero-order valence-corrected chi connectivity index (χ0v) is 14.1. The molecule has 0 spiro atoms. The molecule has 3 heterocycles. The first-order valence-electron chi connectivity index (χ1n) is 7.78. The van der Waals surface area contributed by atoms with E-state index in [4.69, 9.17) is 0 Å². The van der Waals surface area contributed by atoms with E-state index in [0.29, 0.717) is 0 Å². The average molecular weight is 324 g/mol. The van der Waals surface area contributed by atoms with Crippen LogP contribution >= 0.6 is 11.3 Å². The number of hydrogen-bond acceptors (Lipinski definition) is 5. The predicted octanol–water partition coefficient (Wildman–Crippen LogP) is 3.56. The van der Waals surface area contributed by atoms with Gasteiger partial charge in [-0.2, -0.15) is 5.26 Å². The van der Waals surface area contributed by atoms with Crippen LogP contribution in [0, 0.1) is 11.3 Å². The molecule has 118 valence electrons. The van der Waals surface area contributed by atoms with Crippen molar-refractivity contribution in [3.8, 4) is 6.07 Å². The lowest BCUT2D eigenvalue weighted by Gasteiger charge is -2.30. The molecule has 0 saturated heterocycles. The summed E-state index contributed by atoms with van der Waals surface area (Å²) in [5.74, 6) is 0. The lowest BCUT2D eigenvalue weighted by atomic mass is 10.0. The van der Waals surface area contributed by atoms with Crippen molar-refractivity contribution in [3.63, 3.8) is 0 Å². The normalized spacial score (nSPS) is 13.3. The Balaban J connectivity index is 1.66. The van der Waals surface area contributed by atoms with Gasteiger partial charge in [-0.1, -0.05) is 12.6 Å². The number of thiophene rings is 1. The zero-order valence-electron chi connectivity index (χ0n) is 13.3. The van der Waals surface area contributed by atoms with Crippen molar-refractivity contribution in [2.45, 2.75) is 25.8 Å². The smallest absolute Gasteiger partial charge is 0.107 e. The van der Waals surface area contributed by atoms with E-state index < -0.39 is 0 Å². The van der Waals surface area contributed by atoms with E-state index in [1.165, 1.54) is 10.4 Å². The molecule has 0 bridgehead atoms. The van der Waals surface area contributed by atoms with E-state index in [0.717, 1.165) is 54.3 Å². The Hall–Kier alpha value is -2.32. The van der Waals surface area contributed by atoms with Crippen LogP contribution in [0.2, 0.25) is 0 Å². The van der Waals surface area contributed by atoms with Crippen LogP contribution in [0.1, 0.15) is 28.1 Å². The molecule has 1 aliphatic heterocycles. The second kappa shape index (κ2) is 6.84. The number of rotatable bonds is 5. The summed E-state index contributed by atoms with van der Waals surface area (Å²) in [5.41, 5.74) is 4.30. The van der Waals surface area contributed by atoms with Gasteiger partial charge in [-0.15, -0.1) is 11.3 Å². The molecule has 0 aromatic carbocycles. The highest BCUT2D eigenvalue weighted by Crippen LogP contribution is 2.37. The minimum Gasteiger partial charge on any atom is -0.379 e. The Morgan fingerprint density at radius 1 is 1.52 bits per heavy atom. The third kappa shape index (κ3) is 3.22. The monoisotopic (exact) mass is 324 g/mol. The SMILES string of the molecule is C=C(CCc1ccccn1)N1CCc2c(sc(NC)c2C#N)C1. The van der Waals surface area contributed by atoms with Crippen LogP contribution in [0.5, 0.6) is 0 Å². The second-order valence-electron chi connectivity index (χ2n) is 5.63. The first kappa shape index (κ1) is 15.6. The Morgan fingerprint density at radius 2 is 2.39 bits per heavy atom. The van der Waals surface area contributed by atoms with E-state index in [-0.39, 0.29) is 0 Å². The number of allylic oxidation sites excluding steroid dienone is 1. The van der Waals surface area contributed by atoms with Gasteiger partial charge in [0.25, 0.3) is 0 Å². The topological polar surface area (TPSA) is 52.0 Å². The number of anilines is 1. The highest BCUT2D eigenvalue weighted by molar-refractivity contribution is 7.16. The van der Waals surface area contributed by atoms with Gasteiger partial charge in [0.2, 0.25) is 0 Å². The summed E-state index contributed by atoms with van der Waals surface area (Å²) in [6, 6.07) is 8.36. The molecule has 5 heteroatoms. The molecule has 1 aliphatic rings. The fourth-order valence-corrected chi connectivity index (χ4v) is 4.11. The van der Waals surface area contributed by atoms with Crippen molar-refractivity contribution < 1.29 is 0 Å². The molecule has 3 rings (SSSR count). The van der Waals surface area contributed by atoms with Gasteiger partial charge in [-0.05, 0) is 37.0 Å². The van der Waals surface area contributed by atoms with Gasteiger partial charge in [0.1, 0.15) is 11.1 Å². The molecule has 0 atom stereocenters. The minimum atomic E-state index is 0.825. The molecule has 0 radical (unpaired) electrons. The van der Waals surface area contributed by atoms with Gasteiger partial charge in [0, 0.05) is 36.1 Å². The van der Waals surface area contributed by atoms with Crippen LogP contribution in [-0.2, 0) is 19.4 Å². The summed E-state index contributed by atoms with van der Waals surface area (Å²) < 4.78 is 0. The number of fused-ring (bicyclic) bond motifs is 1. The number of pyridine rings is 1. The molecule has 0 aliphatic carbocycles. The number of nitrogens with zero attached hydrogens (tertiary/aromatic N) is 3. The van der Waals surface area contributed by atoms with Crippen LogP contribution < -0.4 is 5.32 Å². The number of nitriles is 1. The molecule has 0 saturated carbocycles. The van der Waals surface area contributed by atoms with Crippen molar-refractivity contribution in [1.29, 1.82) is 5.26 Å². The molecular weight excluding hydrogens is 304 g/mol. The van der Waals surface area contributed by atoms with Crippen molar-refractivity contribution in [3.05, 3.63) is 58.4 Å². The van der Waals surface area contributed by atoms with Crippen LogP contribution in [0.4, 0.5) is 5.00 Å². The van der Waals surface area contributed by atoms with E-state index >= 15 is 0 Å². The lowest BCUT2D eigenvalue weighted by Crippen LogP contribution is -2.29. The second-order valence-corrected chi connectivity index (χ2v) is 6.73. The van der Waals surface area contributed by atoms with Crippen LogP contribution in [0.25, 0.3) is 0 Å². The molecule has 2 aromatic heterocycles. The van der Waals surface area contributed by atoms with Gasteiger partial charge in [-0.25, -0.2) is 0 Å². The summed E-state index contributed by atoms with van der Waals surface area (Å²) in [7, 11) is 1.88. The van der Waals surface area contributed by atoms with Gasteiger partial charge in [0.15, 0.2) is 0 Å². The van der Waals surface area contributed by atoms with Crippen LogP contribution in [0.15, 0.2) is 36.7 Å². The number of hydrogen-bond donors (Lipinski definition) is 1. The quantitative estimate of drug-likeness (QED) is 0.913. The molecule has 23 heavy (non-hydrogen) atoms. The standard InChI is InChI=1S/C18H20N4S/c1-13(6-7-14-5-3-4-9-21-14)22-10-8-15-16(11-19)18(20-2)23-17(15)12-22/h3-5,9,20H,1,6-8,10,12H2,2H3. The fraction of sp³-hybridized carbons (Fsp3) is 0.333. The van der Waals surface area contributed by atoms with Gasteiger partial charge in [0.05, 0.1) is 12.1 Å². The Bertz CT molecular complexity index is 742. The highest BCUT2D eigenvalue weighted by atomic mass is 32.1. The maximum atomic E-state index is 9.36. The van der Waals surface area contributed by atoms with Crippen molar-refractivity contribution in [1.82, 2.24) is 9.88 Å². The first-order valence-corrected chi connectivity index (χ1v) is 8.59. The zero-order chi connectivity index (χ0) is 16.2. The van der Waals surface area contributed by atoms with E-state index in [1.807, 2.05) is 25.4 Å². The summed E-state index contributed by atoms with van der Waals surface area (Å²) in [5, 5.41) is 13.5. The van der Waals surface area contributed by atoms with E-state index in [9.17, 15) is 5.26 Å². The van der Waals surface area contributed by atoms with Crippen molar-refractivity contribution >= 4 is 16.3 Å². The largest absolute Gasteiger partial charge is 0.379 e. The molecule has 1 N–H and O–H groups in total. The summed E-state index contributed by atoms with van der Waals surface area (Å²) in [4.78, 5) is 7.99. The van der Waals surface area contributed by atoms with Gasteiger partial charge in [-0.3, -0.25) is 4.98 Å². The number of aromatic nitrogens is 1. The molecule has 2 aromatic rings. The van der Waals surface area contributed by atoms with Crippen LogP contribution in [0.3, 0.4) is 0 Å².